The normalized spacial score (nSPS) is 10.8. The highest BCUT2D eigenvalue weighted by Gasteiger charge is 2.09. The van der Waals surface area contributed by atoms with E-state index in [4.69, 9.17) is 9.47 Å². The van der Waals surface area contributed by atoms with Gasteiger partial charge < -0.3 is 14.0 Å². The van der Waals surface area contributed by atoms with Crippen LogP contribution in [-0.2, 0) is 13.0 Å². The van der Waals surface area contributed by atoms with Gasteiger partial charge in [0, 0.05) is 30.3 Å². The summed E-state index contributed by atoms with van der Waals surface area (Å²) in [5.41, 5.74) is 2.54. The van der Waals surface area contributed by atoms with Crippen molar-refractivity contribution in [2.75, 3.05) is 14.2 Å². The van der Waals surface area contributed by atoms with Gasteiger partial charge in [0.15, 0.2) is 0 Å². The zero-order valence-electron chi connectivity index (χ0n) is 13.1. The summed E-state index contributed by atoms with van der Waals surface area (Å²) >= 11 is 0. The number of benzene rings is 2. The molecule has 0 aliphatic heterocycles. The maximum Gasteiger partial charge on any atom is 0.131 e. The zero-order valence-corrected chi connectivity index (χ0v) is 13.1. The van der Waals surface area contributed by atoms with E-state index in [1.165, 1.54) is 5.56 Å². The third kappa shape index (κ3) is 2.93. The van der Waals surface area contributed by atoms with Gasteiger partial charge in [0.05, 0.1) is 19.7 Å². The molecule has 1 heterocycles. The number of fused-ring (bicyclic) bond motifs is 1. The fraction of sp³-hybridized carbons (Fsp3) is 0.263. The molecule has 114 valence electrons. The average Bonchev–Trinajstić information content (AvgIpc) is 2.98. The van der Waals surface area contributed by atoms with Crippen molar-refractivity contribution in [1.29, 1.82) is 0 Å². The van der Waals surface area contributed by atoms with Crippen LogP contribution in [0.5, 0.6) is 11.5 Å². The second-order valence-electron chi connectivity index (χ2n) is 5.36. The molecule has 3 nitrogen and oxygen atoms in total. The summed E-state index contributed by atoms with van der Waals surface area (Å²) in [5, 5.41) is 1.13. The molecule has 0 fully saturated rings. The van der Waals surface area contributed by atoms with Crippen LogP contribution in [0, 0.1) is 0 Å². The fourth-order valence-corrected chi connectivity index (χ4v) is 2.82. The van der Waals surface area contributed by atoms with Crippen LogP contribution in [0.1, 0.15) is 12.0 Å². The number of aryl methyl sites for hydroxylation is 2. The van der Waals surface area contributed by atoms with E-state index in [0.29, 0.717) is 0 Å². The Bertz CT molecular complexity index is 747. The number of rotatable bonds is 6. The Morgan fingerprint density at radius 1 is 0.955 bits per heavy atom. The molecule has 0 aliphatic rings. The van der Waals surface area contributed by atoms with Crippen molar-refractivity contribution in [3.8, 4) is 11.5 Å². The van der Waals surface area contributed by atoms with Crippen LogP contribution in [0.2, 0.25) is 0 Å². The van der Waals surface area contributed by atoms with Crippen molar-refractivity contribution >= 4 is 10.9 Å². The molecule has 0 amide bonds. The van der Waals surface area contributed by atoms with Crippen molar-refractivity contribution in [1.82, 2.24) is 4.57 Å². The number of ether oxygens (including phenoxy) is 2. The Labute approximate surface area is 131 Å². The SMILES string of the molecule is COc1cc(OC)c2ccn(CCCc3ccccc3)c2c1. The van der Waals surface area contributed by atoms with Gasteiger partial charge in [0.25, 0.3) is 0 Å². The molecule has 1 aromatic heterocycles. The highest BCUT2D eigenvalue weighted by atomic mass is 16.5. The van der Waals surface area contributed by atoms with E-state index in [0.717, 1.165) is 41.8 Å². The first kappa shape index (κ1) is 14.5. The summed E-state index contributed by atoms with van der Waals surface area (Å²) in [5.74, 6) is 1.68. The lowest BCUT2D eigenvalue weighted by atomic mass is 10.1. The minimum atomic E-state index is 0.826. The summed E-state index contributed by atoms with van der Waals surface area (Å²) in [6.07, 6.45) is 4.31. The van der Waals surface area contributed by atoms with Crippen molar-refractivity contribution in [3.05, 3.63) is 60.3 Å². The third-order valence-corrected chi connectivity index (χ3v) is 3.99. The van der Waals surface area contributed by atoms with Gasteiger partial charge in [-0.05, 0) is 24.5 Å². The Morgan fingerprint density at radius 2 is 1.77 bits per heavy atom. The first-order valence-corrected chi connectivity index (χ1v) is 7.56. The summed E-state index contributed by atoms with van der Waals surface area (Å²) in [6, 6.07) is 16.7. The van der Waals surface area contributed by atoms with Crippen LogP contribution in [-0.4, -0.2) is 18.8 Å². The molecular weight excluding hydrogens is 274 g/mol. The minimum Gasteiger partial charge on any atom is -0.497 e. The molecule has 3 heteroatoms. The highest BCUT2D eigenvalue weighted by Crippen LogP contribution is 2.32. The number of methoxy groups -OCH3 is 2. The Kier molecular flexibility index (Phi) is 4.33. The first-order valence-electron chi connectivity index (χ1n) is 7.56. The number of hydrogen-bond acceptors (Lipinski definition) is 2. The zero-order chi connectivity index (χ0) is 15.4. The molecule has 3 aromatic rings. The quantitative estimate of drug-likeness (QED) is 0.677. The van der Waals surface area contributed by atoms with Crippen LogP contribution < -0.4 is 9.47 Å². The van der Waals surface area contributed by atoms with Crippen molar-refractivity contribution in [2.45, 2.75) is 19.4 Å². The number of nitrogens with zero attached hydrogens (tertiary/aromatic N) is 1. The molecule has 0 radical (unpaired) electrons. The van der Waals surface area contributed by atoms with Gasteiger partial charge >= 0.3 is 0 Å². The maximum atomic E-state index is 5.46. The van der Waals surface area contributed by atoms with Crippen LogP contribution in [0.25, 0.3) is 10.9 Å². The molecule has 3 rings (SSSR count). The molecule has 22 heavy (non-hydrogen) atoms. The van der Waals surface area contributed by atoms with Crippen LogP contribution in [0.4, 0.5) is 0 Å². The molecule has 0 saturated heterocycles. The van der Waals surface area contributed by atoms with Gasteiger partial charge in [0.2, 0.25) is 0 Å². The lowest BCUT2D eigenvalue weighted by Gasteiger charge is -2.09. The molecule has 0 spiro atoms. The van der Waals surface area contributed by atoms with Gasteiger partial charge in [-0.3, -0.25) is 0 Å². The predicted octanol–water partition coefficient (Wildman–Crippen LogP) is 4.29. The van der Waals surface area contributed by atoms with E-state index in [1.54, 1.807) is 14.2 Å². The summed E-state index contributed by atoms with van der Waals surface area (Å²) in [6.45, 7) is 0.981. The predicted molar refractivity (Wildman–Crippen MR) is 89.8 cm³/mol. The van der Waals surface area contributed by atoms with Crippen molar-refractivity contribution < 1.29 is 9.47 Å². The molecule has 0 N–H and O–H groups in total. The maximum absolute atomic E-state index is 5.46. The van der Waals surface area contributed by atoms with E-state index in [9.17, 15) is 0 Å². The van der Waals surface area contributed by atoms with E-state index >= 15 is 0 Å². The summed E-state index contributed by atoms with van der Waals surface area (Å²) in [7, 11) is 3.38. The minimum absolute atomic E-state index is 0.826. The van der Waals surface area contributed by atoms with Gasteiger partial charge in [0.1, 0.15) is 11.5 Å². The van der Waals surface area contributed by atoms with Gasteiger partial charge in [-0.1, -0.05) is 30.3 Å². The topological polar surface area (TPSA) is 23.4 Å². The van der Waals surface area contributed by atoms with E-state index in [2.05, 4.69) is 53.2 Å². The molecule has 0 unspecified atom stereocenters. The Morgan fingerprint density at radius 3 is 2.50 bits per heavy atom. The monoisotopic (exact) mass is 295 g/mol. The van der Waals surface area contributed by atoms with Crippen LogP contribution in [0.3, 0.4) is 0 Å². The molecule has 0 saturated carbocycles. The standard InChI is InChI=1S/C19H21NO2/c1-21-16-13-18-17(19(14-16)22-2)10-12-20(18)11-6-9-15-7-4-3-5-8-15/h3-5,7-8,10,12-14H,6,9,11H2,1-2H3. The molecular formula is C19H21NO2. The van der Waals surface area contributed by atoms with Crippen molar-refractivity contribution in [2.24, 2.45) is 0 Å². The Balaban J connectivity index is 1.79. The number of hydrogen-bond donors (Lipinski definition) is 0. The highest BCUT2D eigenvalue weighted by molar-refractivity contribution is 5.88. The molecule has 0 bridgehead atoms. The lowest BCUT2D eigenvalue weighted by Crippen LogP contribution is -1.98. The molecule has 0 aliphatic carbocycles. The van der Waals surface area contributed by atoms with Crippen molar-refractivity contribution in [3.63, 3.8) is 0 Å². The molecule has 0 atom stereocenters. The van der Waals surface area contributed by atoms with E-state index < -0.39 is 0 Å². The third-order valence-electron chi connectivity index (χ3n) is 3.99. The van der Waals surface area contributed by atoms with E-state index in [1.807, 2.05) is 6.07 Å². The fourth-order valence-electron chi connectivity index (χ4n) is 2.82. The first-order chi connectivity index (χ1) is 10.8. The largest absolute Gasteiger partial charge is 0.497 e. The van der Waals surface area contributed by atoms with Crippen LogP contribution in [0.15, 0.2) is 54.7 Å². The number of aromatic nitrogens is 1. The van der Waals surface area contributed by atoms with Gasteiger partial charge in [-0.25, -0.2) is 0 Å². The second-order valence-corrected chi connectivity index (χ2v) is 5.36. The van der Waals surface area contributed by atoms with Gasteiger partial charge in [-0.15, -0.1) is 0 Å². The summed E-state index contributed by atoms with van der Waals surface area (Å²) in [4.78, 5) is 0. The second kappa shape index (κ2) is 6.56. The smallest absolute Gasteiger partial charge is 0.131 e. The average molecular weight is 295 g/mol. The molecule has 2 aromatic carbocycles. The lowest BCUT2D eigenvalue weighted by molar-refractivity contribution is 0.397. The van der Waals surface area contributed by atoms with E-state index in [-0.39, 0.29) is 0 Å². The van der Waals surface area contributed by atoms with Gasteiger partial charge in [-0.2, -0.15) is 0 Å². The van der Waals surface area contributed by atoms with Crippen LogP contribution >= 0.6 is 0 Å². The summed E-state index contributed by atoms with van der Waals surface area (Å²) < 4.78 is 13.1. The Hall–Kier alpha value is -2.42.